The molecule has 0 aliphatic heterocycles. The number of ether oxygens (including phenoxy) is 1. The Labute approximate surface area is 147 Å². The first-order valence-corrected chi connectivity index (χ1v) is 8.43. The van der Waals surface area contributed by atoms with Gasteiger partial charge in [0.05, 0.1) is 18.4 Å². The summed E-state index contributed by atoms with van der Waals surface area (Å²) in [4.78, 5) is 16.5. The van der Waals surface area contributed by atoms with Gasteiger partial charge >= 0.3 is 5.97 Å². The zero-order valence-electron chi connectivity index (χ0n) is 13.3. The lowest BCUT2D eigenvalue weighted by molar-refractivity contribution is 0.0600. The van der Waals surface area contributed by atoms with Crippen LogP contribution in [0.25, 0.3) is 15.7 Å². The summed E-state index contributed by atoms with van der Waals surface area (Å²) >= 11 is 3.74. The van der Waals surface area contributed by atoms with Gasteiger partial charge in [0.1, 0.15) is 5.65 Å². The molecule has 0 N–H and O–H groups in total. The lowest BCUT2D eigenvalue weighted by atomic mass is 10.1. The molecule has 24 heavy (non-hydrogen) atoms. The number of hydrogen-bond donors (Lipinski definition) is 0. The molecule has 0 spiro atoms. The highest BCUT2D eigenvalue weighted by Crippen LogP contribution is 2.42. The van der Waals surface area contributed by atoms with Gasteiger partial charge in [0, 0.05) is 22.8 Å². The molecule has 4 nitrogen and oxygen atoms in total. The minimum atomic E-state index is -0.353. The second kappa shape index (κ2) is 5.60. The first kappa shape index (κ1) is 15.1. The lowest BCUT2D eigenvalue weighted by Crippen LogP contribution is -2.02. The van der Waals surface area contributed by atoms with Crippen LogP contribution in [-0.2, 0) is 11.2 Å². The standard InChI is InChI=1S/C19H15BrN2O2/c1-11-18(15-9-12-5-3-4-6-14(12)17(15)20)21-16-10-13(19(23)24-2)7-8-22(11)16/h3-8,10H,9H2,1-2H3. The predicted molar refractivity (Wildman–Crippen MR) is 97.2 cm³/mol. The number of hydrogen-bond acceptors (Lipinski definition) is 3. The molecule has 5 heteroatoms. The second-order valence-corrected chi connectivity index (χ2v) is 6.60. The van der Waals surface area contributed by atoms with Gasteiger partial charge in [0.15, 0.2) is 0 Å². The molecule has 3 aromatic rings. The maximum Gasteiger partial charge on any atom is 0.338 e. The molecule has 0 fully saturated rings. The molecule has 0 unspecified atom stereocenters. The van der Waals surface area contributed by atoms with Crippen LogP contribution in [0.4, 0.5) is 0 Å². The Balaban J connectivity index is 1.85. The summed E-state index contributed by atoms with van der Waals surface area (Å²) in [6.45, 7) is 2.05. The van der Waals surface area contributed by atoms with Gasteiger partial charge in [-0.1, -0.05) is 24.3 Å². The molecule has 4 rings (SSSR count). The number of aryl methyl sites for hydroxylation is 1. The Morgan fingerprint density at radius 2 is 2.08 bits per heavy atom. The highest BCUT2D eigenvalue weighted by molar-refractivity contribution is 9.15. The van der Waals surface area contributed by atoms with Gasteiger partial charge in [-0.25, -0.2) is 9.78 Å². The molecule has 120 valence electrons. The molecular formula is C19H15BrN2O2. The zero-order valence-corrected chi connectivity index (χ0v) is 14.9. The van der Waals surface area contributed by atoms with Crippen molar-refractivity contribution in [3.8, 4) is 0 Å². The van der Waals surface area contributed by atoms with Gasteiger partial charge in [0.2, 0.25) is 0 Å². The third kappa shape index (κ3) is 2.19. The quantitative estimate of drug-likeness (QED) is 0.622. The zero-order chi connectivity index (χ0) is 16.8. The molecule has 0 radical (unpaired) electrons. The maximum atomic E-state index is 11.7. The van der Waals surface area contributed by atoms with E-state index in [0.717, 1.165) is 27.9 Å². The maximum absolute atomic E-state index is 11.7. The Kier molecular flexibility index (Phi) is 3.53. The topological polar surface area (TPSA) is 43.6 Å². The normalized spacial score (nSPS) is 13.5. The van der Waals surface area contributed by atoms with Crippen molar-refractivity contribution >= 4 is 37.6 Å². The van der Waals surface area contributed by atoms with Crippen LogP contribution in [0.5, 0.6) is 0 Å². The van der Waals surface area contributed by atoms with Gasteiger partial charge < -0.3 is 9.14 Å². The fourth-order valence-electron chi connectivity index (χ4n) is 3.20. The van der Waals surface area contributed by atoms with Crippen LogP contribution in [0.3, 0.4) is 0 Å². The molecule has 0 saturated heterocycles. The van der Waals surface area contributed by atoms with Gasteiger partial charge in [-0.15, -0.1) is 0 Å². The summed E-state index contributed by atoms with van der Waals surface area (Å²) in [6.07, 6.45) is 2.72. The molecule has 0 atom stereocenters. The van der Waals surface area contributed by atoms with E-state index >= 15 is 0 Å². The fourth-order valence-corrected chi connectivity index (χ4v) is 3.92. The van der Waals surface area contributed by atoms with Crippen LogP contribution < -0.4 is 0 Å². The summed E-state index contributed by atoms with van der Waals surface area (Å²) in [5, 5.41) is 0. The summed E-state index contributed by atoms with van der Waals surface area (Å²) in [5.74, 6) is -0.353. The van der Waals surface area contributed by atoms with Gasteiger partial charge in [-0.3, -0.25) is 0 Å². The van der Waals surface area contributed by atoms with Crippen molar-refractivity contribution in [2.45, 2.75) is 13.3 Å². The average Bonchev–Trinajstić information content (AvgIpc) is 3.11. The van der Waals surface area contributed by atoms with E-state index in [-0.39, 0.29) is 5.97 Å². The van der Waals surface area contributed by atoms with Gasteiger partial charge in [-0.2, -0.15) is 0 Å². The summed E-state index contributed by atoms with van der Waals surface area (Å²) in [7, 11) is 1.38. The Hall–Kier alpha value is -2.40. The van der Waals surface area contributed by atoms with Crippen molar-refractivity contribution in [2.75, 3.05) is 7.11 Å². The highest BCUT2D eigenvalue weighted by Gasteiger charge is 2.24. The Morgan fingerprint density at radius 1 is 1.29 bits per heavy atom. The van der Waals surface area contributed by atoms with Crippen LogP contribution in [0.15, 0.2) is 42.6 Å². The molecule has 0 amide bonds. The third-order valence-corrected chi connectivity index (χ3v) is 5.36. The van der Waals surface area contributed by atoms with Crippen LogP contribution >= 0.6 is 15.9 Å². The van der Waals surface area contributed by atoms with E-state index in [1.807, 2.05) is 23.6 Å². The molecule has 1 aromatic carbocycles. The van der Waals surface area contributed by atoms with Crippen LogP contribution in [0.1, 0.15) is 32.9 Å². The molecule has 2 heterocycles. The molecule has 2 aromatic heterocycles. The van der Waals surface area contributed by atoms with E-state index in [4.69, 9.17) is 9.72 Å². The summed E-state index contributed by atoms with van der Waals surface area (Å²) in [5.41, 5.74) is 6.96. The number of aromatic nitrogens is 2. The minimum absolute atomic E-state index is 0.353. The van der Waals surface area contributed by atoms with E-state index < -0.39 is 0 Å². The Bertz CT molecular complexity index is 1020. The number of methoxy groups -OCH3 is 1. The number of pyridine rings is 1. The average molecular weight is 383 g/mol. The van der Waals surface area contributed by atoms with Gasteiger partial charge in [0.25, 0.3) is 0 Å². The Morgan fingerprint density at radius 3 is 2.83 bits per heavy atom. The number of halogens is 1. The second-order valence-electron chi connectivity index (χ2n) is 5.81. The number of allylic oxidation sites excluding steroid dienone is 1. The number of rotatable bonds is 2. The van der Waals surface area contributed by atoms with Crippen molar-refractivity contribution < 1.29 is 9.53 Å². The van der Waals surface area contributed by atoms with Crippen LogP contribution in [-0.4, -0.2) is 22.5 Å². The molecule has 1 aliphatic carbocycles. The molecule has 0 bridgehead atoms. The monoisotopic (exact) mass is 382 g/mol. The van der Waals surface area contributed by atoms with Crippen LogP contribution in [0.2, 0.25) is 0 Å². The molecule has 0 saturated carbocycles. The van der Waals surface area contributed by atoms with Crippen molar-refractivity contribution in [1.29, 1.82) is 0 Å². The third-order valence-electron chi connectivity index (χ3n) is 4.46. The minimum Gasteiger partial charge on any atom is -0.465 e. The van der Waals surface area contributed by atoms with E-state index in [1.165, 1.54) is 23.8 Å². The number of imidazole rings is 1. The van der Waals surface area contributed by atoms with Crippen molar-refractivity contribution in [1.82, 2.24) is 9.38 Å². The smallest absolute Gasteiger partial charge is 0.338 e. The van der Waals surface area contributed by atoms with Gasteiger partial charge in [-0.05, 0) is 51.7 Å². The first-order valence-electron chi connectivity index (χ1n) is 7.64. The van der Waals surface area contributed by atoms with E-state index in [2.05, 4.69) is 34.1 Å². The SMILES string of the molecule is COC(=O)c1ccn2c(C)c(C3=C(Br)c4ccccc4C3)nc2c1. The van der Waals surface area contributed by atoms with E-state index in [1.54, 1.807) is 12.1 Å². The number of nitrogens with zero attached hydrogens (tertiary/aromatic N) is 2. The fraction of sp³-hybridized carbons (Fsp3) is 0.158. The van der Waals surface area contributed by atoms with Crippen molar-refractivity contribution in [3.05, 3.63) is 70.7 Å². The largest absolute Gasteiger partial charge is 0.465 e. The number of esters is 1. The lowest BCUT2D eigenvalue weighted by Gasteiger charge is -2.02. The summed E-state index contributed by atoms with van der Waals surface area (Å²) < 4.78 is 7.88. The van der Waals surface area contributed by atoms with Crippen molar-refractivity contribution in [3.63, 3.8) is 0 Å². The molecular weight excluding hydrogens is 368 g/mol. The summed E-state index contributed by atoms with van der Waals surface area (Å²) in [6, 6.07) is 11.9. The number of fused-ring (bicyclic) bond motifs is 2. The number of carbonyl (C=O) groups is 1. The van der Waals surface area contributed by atoms with Crippen molar-refractivity contribution in [2.24, 2.45) is 0 Å². The number of carbonyl (C=O) groups excluding carboxylic acids is 1. The number of benzene rings is 1. The predicted octanol–water partition coefficient (Wildman–Crippen LogP) is 4.25. The highest BCUT2D eigenvalue weighted by atomic mass is 79.9. The molecule has 1 aliphatic rings. The first-order chi connectivity index (χ1) is 11.6. The van der Waals surface area contributed by atoms with Crippen LogP contribution in [0, 0.1) is 6.92 Å². The van der Waals surface area contributed by atoms with E-state index in [0.29, 0.717) is 5.56 Å². The van der Waals surface area contributed by atoms with E-state index in [9.17, 15) is 4.79 Å².